The molecule has 2 rings (SSSR count). The normalized spacial score (nSPS) is 10.4. The molecule has 0 aromatic carbocycles. The van der Waals surface area contributed by atoms with Gasteiger partial charge in [0.25, 0.3) is 0 Å². The molecule has 4 heteroatoms. The lowest BCUT2D eigenvalue weighted by atomic mass is 10.1. The van der Waals surface area contributed by atoms with Crippen LogP contribution in [0.25, 0.3) is 0 Å². The molecular weight excluding hydrogens is 268 g/mol. The van der Waals surface area contributed by atoms with Crippen LogP contribution in [0.5, 0.6) is 0 Å². The molecule has 0 saturated carbocycles. The van der Waals surface area contributed by atoms with E-state index in [0.717, 1.165) is 23.5 Å². The van der Waals surface area contributed by atoms with Crippen molar-refractivity contribution < 1.29 is 5.11 Å². The first-order chi connectivity index (χ1) is 9.65. The molecule has 0 fully saturated rings. The lowest BCUT2D eigenvalue weighted by Gasteiger charge is -2.02. The van der Waals surface area contributed by atoms with E-state index in [-0.39, 0.29) is 6.61 Å². The van der Waals surface area contributed by atoms with E-state index in [1.807, 2.05) is 6.07 Å². The summed E-state index contributed by atoms with van der Waals surface area (Å²) in [7, 11) is 0. The Morgan fingerprint density at radius 1 is 1.35 bits per heavy atom. The SMILES string of the molecule is CCc1c(C)nn(Cc2ccc(C#CCCO)s2)c1C. The minimum Gasteiger partial charge on any atom is -0.395 e. The van der Waals surface area contributed by atoms with Gasteiger partial charge in [-0.1, -0.05) is 18.8 Å². The highest BCUT2D eigenvalue weighted by Crippen LogP contribution is 2.19. The molecule has 20 heavy (non-hydrogen) atoms. The van der Waals surface area contributed by atoms with Crippen molar-refractivity contribution >= 4 is 11.3 Å². The topological polar surface area (TPSA) is 38.0 Å². The fourth-order valence-corrected chi connectivity index (χ4v) is 3.15. The standard InChI is InChI=1S/C16H20N2OS/c1-4-16-12(2)17-18(13(16)3)11-15-9-8-14(20-15)7-5-6-10-19/h8-9,19H,4,6,10-11H2,1-3H3. The van der Waals surface area contributed by atoms with Gasteiger partial charge >= 0.3 is 0 Å². The second-order valence-electron chi connectivity index (χ2n) is 4.70. The molecule has 0 bridgehead atoms. The largest absolute Gasteiger partial charge is 0.395 e. The van der Waals surface area contributed by atoms with Crippen molar-refractivity contribution in [3.63, 3.8) is 0 Å². The molecule has 0 aliphatic carbocycles. The monoisotopic (exact) mass is 288 g/mol. The molecule has 0 radical (unpaired) electrons. The summed E-state index contributed by atoms with van der Waals surface area (Å²) < 4.78 is 2.07. The van der Waals surface area contributed by atoms with Gasteiger partial charge in [0.1, 0.15) is 0 Å². The number of nitrogens with zero attached hydrogens (tertiary/aromatic N) is 2. The predicted molar refractivity (Wildman–Crippen MR) is 83.1 cm³/mol. The van der Waals surface area contributed by atoms with Crippen LogP contribution in [0.1, 0.15) is 40.1 Å². The van der Waals surface area contributed by atoms with Crippen molar-refractivity contribution in [2.45, 2.75) is 40.2 Å². The van der Waals surface area contributed by atoms with Gasteiger partial charge < -0.3 is 5.11 Å². The zero-order chi connectivity index (χ0) is 14.5. The van der Waals surface area contributed by atoms with E-state index in [1.54, 1.807) is 11.3 Å². The lowest BCUT2D eigenvalue weighted by molar-refractivity contribution is 0.305. The second-order valence-corrected chi connectivity index (χ2v) is 5.87. The van der Waals surface area contributed by atoms with Crippen LogP contribution in [-0.2, 0) is 13.0 Å². The highest BCUT2D eigenvalue weighted by Gasteiger charge is 2.10. The summed E-state index contributed by atoms with van der Waals surface area (Å²) in [5.74, 6) is 6.02. The third kappa shape index (κ3) is 3.30. The van der Waals surface area contributed by atoms with Gasteiger partial charge in [-0.2, -0.15) is 5.10 Å². The van der Waals surface area contributed by atoms with E-state index < -0.39 is 0 Å². The summed E-state index contributed by atoms with van der Waals surface area (Å²) >= 11 is 1.69. The van der Waals surface area contributed by atoms with E-state index >= 15 is 0 Å². The van der Waals surface area contributed by atoms with Crippen molar-refractivity contribution in [3.8, 4) is 11.8 Å². The minimum atomic E-state index is 0.122. The van der Waals surface area contributed by atoms with Crippen molar-refractivity contribution in [1.82, 2.24) is 9.78 Å². The first kappa shape index (κ1) is 14.8. The number of aliphatic hydroxyl groups excluding tert-OH is 1. The van der Waals surface area contributed by atoms with Gasteiger partial charge in [0.05, 0.1) is 23.7 Å². The van der Waals surface area contributed by atoms with E-state index in [4.69, 9.17) is 5.11 Å². The summed E-state index contributed by atoms with van der Waals surface area (Å²) in [6, 6.07) is 4.15. The number of aryl methyl sites for hydroxylation is 1. The van der Waals surface area contributed by atoms with E-state index in [1.165, 1.54) is 16.1 Å². The van der Waals surface area contributed by atoms with Gasteiger partial charge in [-0.25, -0.2) is 0 Å². The zero-order valence-corrected chi connectivity index (χ0v) is 13.0. The highest BCUT2D eigenvalue weighted by molar-refractivity contribution is 7.12. The van der Waals surface area contributed by atoms with Crippen LogP contribution in [0.3, 0.4) is 0 Å². The van der Waals surface area contributed by atoms with Crippen LogP contribution in [-0.4, -0.2) is 21.5 Å². The van der Waals surface area contributed by atoms with Crippen molar-refractivity contribution in [3.05, 3.63) is 38.8 Å². The Morgan fingerprint density at radius 2 is 2.15 bits per heavy atom. The number of aromatic nitrogens is 2. The van der Waals surface area contributed by atoms with Gasteiger partial charge in [-0.15, -0.1) is 11.3 Å². The average molecular weight is 288 g/mol. The fraction of sp³-hybridized carbons (Fsp3) is 0.438. The van der Waals surface area contributed by atoms with Crippen LogP contribution in [0.4, 0.5) is 0 Å². The molecule has 0 aliphatic heterocycles. The van der Waals surface area contributed by atoms with Crippen molar-refractivity contribution in [1.29, 1.82) is 0 Å². The maximum Gasteiger partial charge on any atom is 0.0772 e. The molecule has 106 valence electrons. The number of aliphatic hydroxyl groups is 1. The highest BCUT2D eigenvalue weighted by atomic mass is 32.1. The zero-order valence-electron chi connectivity index (χ0n) is 12.2. The number of hydrogen-bond acceptors (Lipinski definition) is 3. The molecule has 3 nitrogen and oxygen atoms in total. The Kier molecular flexibility index (Phi) is 4.99. The quantitative estimate of drug-likeness (QED) is 0.879. The maximum absolute atomic E-state index is 8.72. The predicted octanol–water partition coefficient (Wildman–Crippen LogP) is 2.91. The van der Waals surface area contributed by atoms with Gasteiger partial charge in [-0.05, 0) is 38.0 Å². The number of hydrogen-bond donors (Lipinski definition) is 1. The van der Waals surface area contributed by atoms with Crippen LogP contribution in [0, 0.1) is 25.7 Å². The number of thiophene rings is 1. The Labute approximate surface area is 124 Å². The van der Waals surface area contributed by atoms with Crippen LogP contribution in [0.15, 0.2) is 12.1 Å². The molecule has 0 saturated heterocycles. The minimum absolute atomic E-state index is 0.122. The maximum atomic E-state index is 8.72. The van der Waals surface area contributed by atoms with Gasteiger partial charge in [0, 0.05) is 17.0 Å². The van der Waals surface area contributed by atoms with Gasteiger partial charge in [0.15, 0.2) is 0 Å². The van der Waals surface area contributed by atoms with Crippen LogP contribution in [0.2, 0.25) is 0 Å². The molecule has 2 aromatic rings. The Morgan fingerprint density at radius 3 is 2.80 bits per heavy atom. The third-order valence-corrected chi connectivity index (χ3v) is 4.29. The molecular formula is C16H20N2OS. The molecule has 0 atom stereocenters. The lowest BCUT2D eigenvalue weighted by Crippen LogP contribution is -2.02. The molecule has 2 aromatic heterocycles. The Hall–Kier alpha value is -1.57. The fourth-order valence-electron chi connectivity index (χ4n) is 2.28. The van der Waals surface area contributed by atoms with E-state index in [0.29, 0.717) is 6.42 Å². The first-order valence-electron chi connectivity index (χ1n) is 6.87. The van der Waals surface area contributed by atoms with E-state index in [9.17, 15) is 0 Å². The van der Waals surface area contributed by atoms with Crippen LogP contribution >= 0.6 is 11.3 Å². The molecule has 0 spiro atoms. The van der Waals surface area contributed by atoms with E-state index in [2.05, 4.69) is 48.5 Å². The summed E-state index contributed by atoms with van der Waals surface area (Å²) in [6.45, 7) is 7.30. The Balaban J connectivity index is 2.13. The van der Waals surface area contributed by atoms with Crippen LogP contribution < -0.4 is 0 Å². The van der Waals surface area contributed by atoms with Gasteiger partial charge in [-0.3, -0.25) is 4.68 Å². The summed E-state index contributed by atoms with van der Waals surface area (Å²) in [6.07, 6.45) is 1.56. The molecule has 0 amide bonds. The average Bonchev–Trinajstić information content (AvgIpc) is 2.96. The third-order valence-electron chi connectivity index (χ3n) is 3.30. The second kappa shape index (κ2) is 6.74. The summed E-state index contributed by atoms with van der Waals surface area (Å²) in [5, 5.41) is 13.3. The smallest absolute Gasteiger partial charge is 0.0772 e. The van der Waals surface area contributed by atoms with Crippen molar-refractivity contribution in [2.75, 3.05) is 6.61 Å². The summed E-state index contributed by atoms with van der Waals surface area (Å²) in [5.41, 5.74) is 3.74. The first-order valence-corrected chi connectivity index (χ1v) is 7.68. The number of rotatable bonds is 4. The summed E-state index contributed by atoms with van der Waals surface area (Å²) in [4.78, 5) is 2.30. The van der Waals surface area contributed by atoms with Gasteiger partial charge in [0.2, 0.25) is 0 Å². The molecule has 0 unspecified atom stereocenters. The molecule has 0 aliphatic rings. The van der Waals surface area contributed by atoms with Crippen molar-refractivity contribution in [2.24, 2.45) is 0 Å². The Bertz CT molecular complexity index is 643. The molecule has 2 heterocycles. The molecule has 1 N–H and O–H groups in total.